The molecule has 0 saturated carbocycles. The molecule has 2 heterocycles. The molecule has 16 heavy (non-hydrogen) atoms. The maximum atomic E-state index is 5.67. The van der Waals surface area contributed by atoms with E-state index in [1.54, 1.807) is 4.68 Å². The van der Waals surface area contributed by atoms with E-state index in [1.165, 1.54) is 0 Å². The third-order valence-corrected chi connectivity index (χ3v) is 2.40. The van der Waals surface area contributed by atoms with Gasteiger partial charge >= 0.3 is 0 Å². The Hall–Kier alpha value is -0.980. The zero-order valence-corrected chi connectivity index (χ0v) is 9.93. The van der Waals surface area contributed by atoms with Crippen molar-refractivity contribution < 1.29 is 9.47 Å². The van der Waals surface area contributed by atoms with E-state index in [4.69, 9.17) is 9.47 Å². The molecular formula is C10H18N4O2. The van der Waals surface area contributed by atoms with E-state index in [9.17, 15) is 0 Å². The Morgan fingerprint density at radius 3 is 3.00 bits per heavy atom. The van der Waals surface area contributed by atoms with Crippen LogP contribution in [-0.4, -0.2) is 40.0 Å². The fraction of sp³-hybridized carbons (Fsp3) is 0.800. The number of rotatable bonds is 4. The molecule has 0 spiro atoms. The van der Waals surface area contributed by atoms with Gasteiger partial charge in [0.25, 0.3) is 0 Å². The van der Waals surface area contributed by atoms with Gasteiger partial charge in [-0.25, -0.2) is 0 Å². The van der Waals surface area contributed by atoms with Crippen molar-refractivity contribution in [1.82, 2.24) is 20.3 Å². The normalized spacial score (nSPS) is 23.8. The molecule has 0 amide bonds. The van der Waals surface area contributed by atoms with Crippen LogP contribution in [0.25, 0.3) is 0 Å². The van der Waals surface area contributed by atoms with E-state index in [0.29, 0.717) is 13.2 Å². The van der Waals surface area contributed by atoms with Crippen molar-refractivity contribution in [2.45, 2.75) is 32.3 Å². The molecule has 1 atom stereocenters. The van der Waals surface area contributed by atoms with E-state index in [0.717, 1.165) is 12.2 Å². The first kappa shape index (κ1) is 11.5. The standard InChI is InChI=1S/C10H18N4O2/c1-10(2)15-7-9(16-10)5-11-4-8-6-14(3)13-12-8/h6,9,11H,4-5,7H2,1-3H3. The summed E-state index contributed by atoms with van der Waals surface area (Å²) in [5.74, 6) is -0.446. The number of nitrogens with zero attached hydrogens (tertiary/aromatic N) is 3. The lowest BCUT2D eigenvalue weighted by atomic mass is 10.3. The Morgan fingerprint density at radius 1 is 1.62 bits per heavy atom. The van der Waals surface area contributed by atoms with Crippen molar-refractivity contribution in [3.05, 3.63) is 11.9 Å². The molecule has 6 heteroatoms. The SMILES string of the molecule is Cn1cc(CNCC2COC(C)(C)O2)nn1. The zero-order chi connectivity index (χ0) is 11.6. The predicted octanol–water partition coefficient (Wildman–Crippen LogP) is 0.0562. The number of hydrogen-bond donors (Lipinski definition) is 1. The summed E-state index contributed by atoms with van der Waals surface area (Å²) in [7, 11) is 1.85. The summed E-state index contributed by atoms with van der Waals surface area (Å²) in [6, 6.07) is 0. The van der Waals surface area contributed by atoms with Gasteiger partial charge in [0, 0.05) is 26.3 Å². The van der Waals surface area contributed by atoms with Gasteiger partial charge in [0.05, 0.1) is 18.4 Å². The van der Waals surface area contributed by atoms with Crippen LogP contribution in [0, 0.1) is 0 Å². The number of aromatic nitrogens is 3. The van der Waals surface area contributed by atoms with Gasteiger partial charge in [0.2, 0.25) is 0 Å². The van der Waals surface area contributed by atoms with Crippen LogP contribution in [0.4, 0.5) is 0 Å². The van der Waals surface area contributed by atoms with Crippen molar-refractivity contribution >= 4 is 0 Å². The molecular weight excluding hydrogens is 208 g/mol. The van der Waals surface area contributed by atoms with Crippen LogP contribution in [0.5, 0.6) is 0 Å². The second-order valence-corrected chi connectivity index (χ2v) is 4.47. The first-order valence-corrected chi connectivity index (χ1v) is 5.43. The average Bonchev–Trinajstić information content (AvgIpc) is 2.73. The van der Waals surface area contributed by atoms with Gasteiger partial charge < -0.3 is 14.8 Å². The Bertz CT molecular complexity index is 350. The zero-order valence-electron chi connectivity index (χ0n) is 9.93. The van der Waals surface area contributed by atoms with Gasteiger partial charge in [0.15, 0.2) is 5.79 Å². The molecule has 1 fully saturated rings. The number of nitrogens with one attached hydrogen (secondary N) is 1. The molecule has 2 rings (SSSR count). The first-order valence-electron chi connectivity index (χ1n) is 5.43. The quantitative estimate of drug-likeness (QED) is 0.786. The summed E-state index contributed by atoms with van der Waals surface area (Å²) in [6.45, 7) is 5.96. The lowest BCUT2D eigenvalue weighted by molar-refractivity contribution is -0.137. The summed E-state index contributed by atoms with van der Waals surface area (Å²) < 4.78 is 12.8. The monoisotopic (exact) mass is 226 g/mol. The van der Waals surface area contributed by atoms with Crippen LogP contribution in [0.2, 0.25) is 0 Å². The van der Waals surface area contributed by atoms with Crippen LogP contribution in [-0.2, 0) is 23.1 Å². The van der Waals surface area contributed by atoms with Crippen molar-refractivity contribution in [2.24, 2.45) is 7.05 Å². The first-order chi connectivity index (χ1) is 7.55. The third-order valence-electron chi connectivity index (χ3n) is 2.40. The summed E-state index contributed by atoms with van der Waals surface area (Å²) in [5, 5.41) is 11.1. The van der Waals surface area contributed by atoms with Gasteiger partial charge in [0.1, 0.15) is 0 Å². The van der Waals surface area contributed by atoms with Crippen LogP contribution >= 0.6 is 0 Å². The van der Waals surface area contributed by atoms with Crippen LogP contribution in [0.15, 0.2) is 6.20 Å². The highest BCUT2D eigenvalue weighted by atomic mass is 16.7. The molecule has 0 aliphatic carbocycles. The maximum Gasteiger partial charge on any atom is 0.163 e. The van der Waals surface area contributed by atoms with E-state index in [2.05, 4.69) is 15.6 Å². The van der Waals surface area contributed by atoms with Gasteiger partial charge in [-0.05, 0) is 13.8 Å². The minimum Gasteiger partial charge on any atom is -0.348 e. The van der Waals surface area contributed by atoms with Crippen molar-refractivity contribution in [2.75, 3.05) is 13.2 Å². The molecule has 1 aromatic rings. The molecule has 1 aliphatic heterocycles. The second-order valence-electron chi connectivity index (χ2n) is 4.47. The van der Waals surface area contributed by atoms with Crippen LogP contribution in [0.3, 0.4) is 0 Å². The van der Waals surface area contributed by atoms with Crippen molar-refractivity contribution in [3.8, 4) is 0 Å². The summed E-state index contributed by atoms with van der Waals surface area (Å²) in [5.41, 5.74) is 0.931. The smallest absolute Gasteiger partial charge is 0.163 e. The third kappa shape index (κ3) is 3.01. The number of hydrogen-bond acceptors (Lipinski definition) is 5. The van der Waals surface area contributed by atoms with E-state index >= 15 is 0 Å². The summed E-state index contributed by atoms with van der Waals surface area (Å²) >= 11 is 0. The van der Waals surface area contributed by atoms with Gasteiger partial charge in [-0.1, -0.05) is 5.21 Å². The average molecular weight is 226 g/mol. The molecule has 90 valence electrons. The summed E-state index contributed by atoms with van der Waals surface area (Å²) in [4.78, 5) is 0. The Labute approximate surface area is 94.9 Å². The minimum atomic E-state index is -0.446. The molecule has 1 aromatic heterocycles. The van der Waals surface area contributed by atoms with Gasteiger partial charge in [-0.2, -0.15) is 0 Å². The molecule has 0 bridgehead atoms. The highest BCUT2D eigenvalue weighted by molar-refractivity contribution is 4.91. The summed E-state index contributed by atoms with van der Waals surface area (Å²) in [6.07, 6.45) is 2.01. The lowest BCUT2D eigenvalue weighted by Gasteiger charge is -2.17. The number of aryl methyl sites for hydroxylation is 1. The predicted molar refractivity (Wildman–Crippen MR) is 57.6 cm³/mol. The molecule has 1 aliphatic rings. The van der Waals surface area contributed by atoms with E-state index in [1.807, 2.05) is 27.1 Å². The lowest BCUT2D eigenvalue weighted by Crippen LogP contribution is -2.30. The van der Waals surface area contributed by atoms with Crippen LogP contribution < -0.4 is 5.32 Å². The Kier molecular flexibility index (Phi) is 3.22. The fourth-order valence-corrected chi connectivity index (χ4v) is 1.70. The Balaban J connectivity index is 1.69. The Morgan fingerprint density at radius 2 is 2.44 bits per heavy atom. The molecule has 1 N–H and O–H groups in total. The molecule has 1 unspecified atom stereocenters. The molecule has 1 saturated heterocycles. The van der Waals surface area contributed by atoms with Crippen molar-refractivity contribution in [1.29, 1.82) is 0 Å². The van der Waals surface area contributed by atoms with E-state index < -0.39 is 5.79 Å². The largest absolute Gasteiger partial charge is 0.348 e. The highest BCUT2D eigenvalue weighted by Gasteiger charge is 2.32. The highest BCUT2D eigenvalue weighted by Crippen LogP contribution is 2.21. The van der Waals surface area contributed by atoms with Crippen LogP contribution in [0.1, 0.15) is 19.5 Å². The molecule has 6 nitrogen and oxygen atoms in total. The van der Waals surface area contributed by atoms with E-state index in [-0.39, 0.29) is 6.10 Å². The van der Waals surface area contributed by atoms with Gasteiger partial charge in [-0.3, -0.25) is 4.68 Å². The topological polar surface area (TPSA) is 61.2 Å². The molecule has 0 radical (unpaired) electrons. The maximum absolute atomic E-state index is 5.67. The molecule has 0 aromatic carbocycles. The van der Waals surface area contributed by atoms with Gasteiger partial charge in [-0.15, -0.1) is 5.10 Å². The number of ether oxygens (including phenoxy) is 2. The minimum absolute atomic E-state index is 0.117. The van der Waals surface area contributed by atoms with Crippen molar-refractivity contribution in [3.63, 3.8) is 0 Å². The fourth-order valence-electron chi connectivity index (χ4n) is 1.70. The second kappa shape index (κ2) is 4.48.